The van der Waals surface area contributed by atoms with Crippen LogP contribution in [0.25, 0.3) is 0 Å². The third-order valence-corrected chi connectivity index (χ3v) is 10.3. The quantitative estimate of drug-likeness (QED) is 0.0534. The molecular weight excluding hydrogens is 805 g/mol. The lowest BCUT2D eigenvalue weighted by atomic mass is 10.0. The number of unbranched alkanes of at least 4 members (excludes halogenated alkanes) is 1. The van der Waals surface area contributed by atoms with Crippen molar-refractivity contribution < 1.29 is 47.7 Å². The van der Waals surface area contributed by atoms with Crippen molar-refractivity contribution in [2.45, 2.75) is 102 Å². The van der Waals surface area contributed by atoms with Gasteiger partial charge < -0.3 is 39.8 Å². The molecule has 1 fully saturated rings. The van der Waals surface area contributed by atoms with Gasteiger partial charge >= 0.3 is 18.0 Å². The monoisotopic (exact) mass is 862 g/mol. The fourth-order valence-electron chi connectivity index (χ4n) is 7.09. The zero-order valence-corrected chi connectivity index (χ0v) is 36.4. The van der Waals surface area contributed by atoms with Gasteiger partial charge in [0.1, 0.15) is 42.1 Å². The maximum atomic E-state index is 14.5. The van der Waals surface area contributed by atoms with Crippen LogP contribution in [0.2, 0.25) is 0 Å². The van der Waals surface area contributed by atoms with Crippen molar-refractivity contribution in [3.05, 3.63) is 138 Å². The highest BCUT2D eigenvalue weighted by Crippen LogP contribution is 2.22. The maximum Gasteiger partial charge on any atom is 0.408 e. The molecule has 14 nitrogen and oxygen atoms in total. The molecule has 63 heavy (non-hydrogen) atoms. The number of carbonyl (C=O) groups is 6. The first-order chi connectivity index (χ1) is 30.3. The predicted octanol–water partition coefficient (Wildman–Crippen LogP) is 6.11. The number of likely N-dealkylation sites (tertiary alicyclic amines) is 1. The molecule has 0 spiro atoms. The summed E-state index contributed by atoms with van der Waals surface area (Å²) in [7, 11) is 1.54. The third-order valence-electron chi connectivity index (χ3n) is 10.3. The number of benzene rings is 4. The smallest absolute Gasteiger partial charge is 0.408 e. The van der Waals surface area contributed by atoms with Crippen LogP contribution < -0.4 is 20.7 Å². The first-order valence-electron chi connectivity index (χ1n) is 21.3. The molecule has 0 saturated carbocycles. The van der Waals surface area contributed by atoms with E-state index in [2.05, 4.69) is 16.0 Å². The van der Waals surface area contributed by atoms with Crippen LogP contribution in [0.5, 0.6) is 5.75 Å². The second-order valence-electron chi connectivity index (χ2n) is 16.3. The molecule has 1 saturated heterocycles. The molecule has 1 aliphatic heterocycles. The summed E-state index contributed by atoms with van der Waals surface area (Å²) in [5.74, 6) is -2.19. The Morgan fingerprint density at radius 2 is 1.24 bits per heavy atom. The Hall–Kier alpha value is -6.70. The number of hydrogen-bond donors (Lipinski definition) is 3. The highest BCUT2D eigenvalue weighted by Gasteiger charge is 2.39. The van der Waals surface area contributed by atoms with Gasteiger partial charge in [-0.1, -0.05) is 91.0 Å². The van der Waals surface area contributed by atoms with Crippen LogP contribution in [0, 0.1) is 0 Å². The summed E-state index contributed by atoms with van der Waals surface area (Å²) in [4.78, 5) is 83.6. The zero-order chi connectivity index (χ0) is 45.2. The van der Waals surface area contributed by atoms with E-state index in [-0.39, 0.29) is 32.5 Å². The average Bonchev–Trinajstić information content (AvgIpc) is 3.78. The second-order valence-corrected chi connectivity index (χ2v) is 16.3. The second kappa shape index (κ2) is 23.5. The topological polar surface area (TPSA) is 179 Å². The number of hydrogen-bond acceptors (Lipinski definition) is 10. The number of nitrogens with zero attached hydrogens (tertiary/aromatic N) is 1. The summed E-state index contributed by atoms with van der Waals surface area (Å²) < 4.78 is 21.9. The van der Waals surface area contributed by atoms with E-state index in [0.29, 0.717) is 49.1 Å². The molecule has 0 aliphatic carbocycles. The molecule has 334 valence electrons. The minimum atomic E-state index is -1.23. The molecule has 3 N–H and O–H groups in total. The van der Waals surface area contributed by atoms with Crippen LogP contribution in [-0.4, -0.2) is 90.7 Å². The van der Waals surface area contributed by atoms with Crippen molar-refractivity contribution >= 4 is 35.8 Å². The Labute approximate surface area is 369 Å². The van der Waals surface area contributed by atoms with Gasteiger partial charge in [-0.05, 0) is 93.8 Å². The SMILES string of the molecule is COc1ccc(C[C@@H](NC(=O)C(CCCCOC(=O)c2ccccc2)NC(=O)OC(C)(C)C)C(=O)NC(Cc2ccccc2)C(=O)N2CCC[C@@H]2C(=O)OCc2ccccc2)cc1. The van der Waals surface area contributed by atoms with Gasteiger partial charge in [-0.3, -0.25) is 14.4 Å². The summed E-state index contributed by atoms with van der Waals surface area (Å²) >= 11 is 0. The van der Waals surface area contributed by atoms with E-state index >= 15 is 0 Å². The van der Waals surface area contributed by atoms with Gasteiger partial charge in [-0.2, -0.15) is 0 Å². The number of nitrogens with one attached hydrogen (secondary N) is 3. The van der Waals surface area contributed by atoms with E-state index in [1.165, 1.54) is 12.0 Å². The normalized spacial score (nSPS) is 14.9. The Bertz CT molecular complexity index is 2110. The van der Waals surface area contributed by atoms with E-state index in [9.17, 15) is 28.8 Å². The van der Waals surface area contributed by atoms with Gasteiger partial charge in [-0.15, -0.1) is 0 Å². The maximum absolute atomic E-state index is 14.5. The number of methoxy groups -OCH3 is 1. The molecule has 5 rings (SSSR count). The minimum absolute atomic E-state index is 0.0144. The lowest BCUT2D eigenvalue weighted by molar-refractivity contribution is -0.155. The fraction of sp³-hybridized carbons (Fsp3) is 0.388. The average molecular weight is 863 g/mol. The molecule has 4 aromatic rings. The summed E-state index contributed by atoms with van der Waals surface area (Å²) in [6.07, 6.45) is 1.14. The van der Waals surface area contributed by atoms with Crippen LogP contribution in [-0.2, 0) is 52.8 Å². The Morgan fingerprint density at radius 3 is 1.87 bits per heavy atom. The number of rotatable bonds is 20. The predicted molar refractivity (Wildman–Crippen MR) is 235 cm³/mol. The van der Waals surface area contributed by atoms with Gasteiger partial charge in [0.15, 0.2) is 0 Å². The molecule has 1 heterocycles. The highest BCUT2D eigenvalue weighted by atomic mass is 16.6. The Morgan fingerprint density at radius 1 is 0.667 bits per heavy atom. The summed E-state index contributed by atoms with van der Waals surface area (Å²) in [6.45, 7) is 5.52. The number of alkyl carbamates (subject to hydrolysis) is 1. The fourth-order valence-corrected chi connectivity index (χ4v) is 7.09. The molecule has 4 aromatic carbocycles. The van der Waals surface area contributed by atoms with E-state index in [1.54, 1.807) is 75.4 Å². The van der Waals surface area contributed by atoms with Crippen LogP contribution in [0.3, 0.4) is 0 Å². The highest BCUT2D eigenvalue weighted by molar-refractivity contribution is 5.95. The zero-order valence-electron chi connectivity index (χ0n) is 36.4. The Kier molecular flexibility index (Phi) is 17.7. The standard InChI is InChI=1S/C49H58N4O10/c1-49(2,3)63-48(59)52-39(23-14-15-30-61-46(57)37-21-12-7-13-22-37)43(54)50-40(31-35-25-27-38(60-4)28-26-35)44(55)51-41(32-34-17-8-5-9-18-34)45(56)53-29-16-24-42(53)47(58)62-33-36-19-10-6-11-20-36/h5-13,17-22,25-28,39-42H,14-16,23-24,29-33H2,1-4H3,(H,50,54)(H,51,55)(H,52,59)/t39?,40-,41?,42-/m1/s1. The summed E-state index contributed by atoms with van der Waals surface area (Å²) in [5.41, 5.74) is 1.82. The van der Waals surface area contributed by atoms with E-state index in [0.717, 1.165) is 11.1 Å². The molecule has 0 bridgehead atoms. The first-order valence-corrected chi connectivity index (χ1v) is 21.3. The first kappa shape index (κ1) is 47.4. The van der Waals surface area contributed by atoms with Crippen molar-refractivity contribution in [2.24, 2.45) is 0 Å². The number of amides is 4. The minimum Gasteiger partial charge on any atom is -0.497 e. The molecule has 2 unspecified atom stereocenters. The number of carbonyl (C=O) groups excluding carboxylic acids is 6. The van der Waals surface area contributed by atoms with Crippen LogP contribution >= 0.6 is 0 Å². The molecule has 0 radical (unpaired) electrons. The molecule has 4 atom stereocenters. The van der Waals surface area contributed by atoms with Gasteiger partial charge in [0.05, 0.1) is 19.3 Å². The Balaban J connectivity index is 1.35. The molecule has 4 amide bonds. The van der Waals surface area contributed by atoms with Crippen LogP contribution in [0.1, 0.15) is 79.9 Å². The third kappa shape index (κ3) is 15.3. The van der Waals surface area contributed by atoms with E-state index < -0.39 is 65.5 Å². The van der Waals surface area contributed by atoms with Crippen molar-refractivity contribution in [3.8, 4) is 5.75 Å². The largest absolute Gasteiger partial charge is 0.497 e. The van der Waals surface area contributed by atoms with Crippen molar-refractivity contribution in [1.82, 2.24) is 20.9 Å². The van der Waals surface area contributed by atoms with E-state index in [4.69, 9.17) is 18.9 Å². The number of esters is 2. The van der Waals surface area contributed by atoms with Gasteiger partial charge in [0, 0.05) is 19.4 Å². The van der Waals surface area contributed by atoms with Gasteiger partial charge in [0.25, 0.3) is 0 Å². The molecule has 1 aliphatic rings. The van der Waals surface area contributed by atoms with Crippen molar-refractivity contribution in [2.75, 3.05) is 20.3 Å². The molecular formula is C49H58N4O10. The lowest BCUT2D eigenvalue weighted by Crippen LogP contribution is -2.59. The van der Waals surface area contributed by atoms with Crippen molar-refractivity contribution in [1.29, 1.82) is 0 Å². The van der Waals surface area contributed by atoms with Gasteiger partial charge in [0.2, 0.25) is 17.7 Å². The van der Waals surface area contributed by atoms with Crippen LogP contribution in [0.15, 0.2) is 115 Å². The van der Waals surface area contributed by atoms with Crippen molar-refractivity contribution in [3.63, 3.8) is 0 Å². The lowest BCUT2D eigenvalue weighted by Gasteiger charge is -2.30. The molecule has 0 aromatic heterocycles. The number of ether oxygens (including phenoxy) is 4. The summed E-state index contributed by atoms with van der Waals surface area (Å²) in [6, 6.07) is 29.7. The van der Waals surface area contributed by atoms with E-state index in [1.807, 2.05) is 60.7 Å². The molecule has 14 heteroatoms. The van der Waals surface area contributed by atoms with Gasteiger partial charge in [-0.25, -0.2) is 14.4 Å². The van der Waals surface area contributed by atoms with Crippen LogP contribution in [0.4, 0.5) is 4.79 Å². The summed E-state index contributed by atoms with van der Waals surface area (Å²) in [5, 5.41) is 8.42.